The number of nitriles is 1. The van der Waals surface area contributed by atoms with Gasteiger partial charge in [0.1, 0.15) is 28.7 Å². The van der Waals surface area contributed by atoms with Crippen LogP contribution in [0.15, 0.2) is 57.1 Å². The van der Waals surface area contributed by atoms with E-state index in [0.29, 0.717) is 16.5 Å². The number of ether oxygens (including phenoxy) is 1. The molecule has 3 aromatic rings. The van der Waals surface area contributed by atoms with Crippen molar-refractivity contribution >= 4 is 16.7 Å². The molecular weight excluding hydrogens is 378 g/mol. The van der Waals surface area contributed by atoms with Crippen molar-refractivity contribution < 1.29 is 19.2 Å². The zero-order chi connectivity index (χ0) is 20.9. The SMILES string of the molecule is Cc1cc(=O)oc2cc(O)c3c(c12)OC(N)=C(C#N)[C@H]3c1cccc([N+](=O)[O-])c1. The summed E-state index contributed by atoms with van der Waals surface area (Å²) in [6, 6.07) is 10.2. The lowest BCUT2D eigenvalue weighted by molar-refractivity contribution is -0.384. The number of aromatic hydroxyl groups is 1. The van der Waals surface area contributed by atoms with Gasteiger partial charge in [0.05, 0.1) is 21.8 Å². The topological polar surface area (TPSA) is 153 Å². The van der Waals surface area contributed by atoms with Crippen LogP contribution in [0.4, 0.5) is 5.69 Å². The molecule has 2 heterocycles. The van der Waals surface area contributed by atoms with Crippen LogP contribution >= 0.6 is 0 Å². The molecule has 0 bridgehead atoms. The van der Waals surface area contributed by atoms with Gasteiger partial charge in [0.25, 0.3) is 5.69 Å². The van der Waals surface area contributed by atoms with Gasteiger partial charge in [-0.05, 0) is 18.1 Å². The lowest BCUT2D eigenvalue weighted by Gasteiger charge is -2.28. The monoisotopic (exact) mass is 391 g/mol. The van der Waals surface area contributed by atoms with Crippen molar-refractivity contribution in [3.63, 3.8) is 0 Å². The van der Waals surface area contributed by atoms with Gasteiger partial charge >= 0.3 is 5.63 Å². The molecule has 0 saturated heterocycles. The van der Waals surface area contributed by atoms with Gasteiger partial charge in [-0.2, -0.15) is 5.26 Å². The molecule has 2 aromatic carbocycles. The van der Waals surface area contributed by atoms with Gasteiger partial charge < -0.3 is 20.0 Å². The molecule has 0 spiro atoms. The fraction of sp³-hybridized carbons (Fsp3) is 0.100. The normalized spacial score (nSPS) is 15.5. The molecule has 0 saturated carbocycles. The highest BCUT2D eigenvalue weighted by molar-refractivity contribution is 5.91. The maximum Gasteiger partial charge on any atom is 0.336 e. The Balaban J connectivity index is 2.10. The summed E-state index contributed by atoms with van der Waals surface area (Å²) in [5.41, 5.74) is 6.42. The van der Waals surface area contributed by atoms with Crippen LogP contribution in [0.3, 0.4) is 0 Å². The summed E-state index contributed by atoms with van der Waals surface area (Å²) in [5, 5.41) is 32.0. The quantitative estimate of drug-likeness (QED) is 0.384. The van der Waals surface area contributed by atoms with Gasteiger partial charge in [-0.25, -0.2) is 4.79 Å². The molecular formula is C20H13N3O6. The fourth-order valence-electron chi connectivity index (χ4n) is 3.59. The number of hydrogen-bond donors (Lipinski definition) is 2. The van der Waals surface area contributed by atoms with Crippen molar-refractivity contribution in [1.82, 2.24) is 0 Å². The predicted molar refractivity (Wildman–Crippen MR) is 101 cm³/mol. The smallest absolute Gasteiger partial charge is 0.336 e. The van der Waals surface area contributed by atoms with E-state index in [0.717, 1.165) is 0 Å². The standard InChI is InChI=1S/C20H13N3O6/c1-9-5-15(25)28-14-7-13(24)18-17(10-3-2-4-11(6-10)23(26)27)12(8-21)20(22)29-19(18)16(9)14/h2-7,17,24H,22H2,1H3/t17-/m1/s1. The number of non-ortho nitro benzene ring substituents is 1. The molecule has 1 aliphatic rings. The third-order valence-electron chi connectivity index (χ3n) is 4.79. The Hall–Kier alpha value is -4.32. The number of allylic oxidation sites excluding steroid dienone is 1. The lowest BCUT2D eigenvalue weighted by Crippen LogP contribution is -2.21. The molecule has 0 unspecified atom stereocenters. The van der Waals surface area contributed by atoms with Crippen LogP contribution in [-0.2, 0) is 0 Å². The van der Waals surface area contributed by atoms with Gasteiger partial charge in [-0.15, -0.1) is 0 Å². The third kappa shape index (κ3) is 2.74. The second kappa shape index (κ2) is 6.38. The summed E-state index contributed by atoms with van der Waals surface area (Å²) in [6.07, 6.45) is 0. The van der Waals surface area contributed by atoms with Gasteiger partial charge in [0, 0.05) is 24.3 Å². The van der Waals surface area contributed by atoms with Crippen LogP contribution in [0.25, 0.3) is 11.0 Å². The summed E-state index contributed by atoms with van der Waals surface area (Å²) in [7, 11) is 0. The van der Waals surface area contributed by atoms with E-state index in [1.54, 1.807) is 13.0 Å². The molecule has 0 aliphatic carbocycles. The number of nitro benzene ring substituents is 1. The van der Waals surface area contributed by atoms with Crippen LogP contribution in [0.1, 0.15) is 22.6 Å². The first kappa shape index (κ1) is 18.1. The van der Waals surface area contributed by atoms with Crippen LogP contribution in [-0.4, -0.2) is 10.0 Å². The Bertz CT molecular complexity index is 1330. The third-order valence-corrected chi connectivity index (χ3v) is 4.79. The van der Waals surface area contributed by atoms with Crippen LogP contribution in [0.2, 0.25) is 0 Å². The Labute approximate surface area is 163 Å². The van der Waals surface area contributed by atoms with Crippen molar-refractivity contribution in [1.29, 1.82) is 5.26 Å². The summed E-state index contributed by atoms with van der Waals surface area (Å²) in [6.45, 7) is 1.67. The minimum atomic E-state index is -0.903. The minimum absolute atomic E-state index is 0.00249. The second-order valence-electron chi connectivity index (χ2n) is 6.54. The zero-order valence-electron chi connectivity index (χ0n) is 15.0. The molecule has 0 fully saturated rings. The number of aryl methyl sites for hydroxylation is 1. The Kier molecular flexibility index (Phi) is 3.98. The van der Waals surface area contributed by atoms with E-state index in [-0.39, 0.29) is 39.8 Å². The van der Waals surface area contributed by atoms with Crippen molar-refractivity contribution in [3.05, 3.63) is 85.1 Å². The summed E-state index contributed by atoms with van der Waals surface area (Å²) >= 11 is 0. The number of phenolic OH excluding ortho intramolecular Hbond substituents is 1. The average molecular weight is 391 g/mol. The molecule has 9 nitrogen and oxygen atoms in total. The Morgan fingerprint density at radius 3 is 2.76 bits per heavy atom. The molecule has 0 radical (unpaired) electrons. The number of phenols is 1. The molecule has 0 amide bonds. The minimum Gasteiger partial charge on any atom is -0.507 e. The second-order valence-corrected chi connectivity index (χ2v) is 6.54. The predicted octanol–water partition coefficient (Wildman–Crippen LogP) is 2.93. The van der Waals surface area contributed by atoms with Crippen molar-refractivity contribution in [2.75, 3.05) is 0 Å². The van der Waals surface area contributed by atoms with Crippen LogP contribution in [0, 0.1) is 28.4 Å². The van der Waals surface area contributed by atoms with E-state index in [2.05, 4.69) is 0 Å². The first-order valence-electron chi connectivity index (χ1n) is 8.44. The highest BCUT2D eigenvalue weighted by atomic mass is 16.6. The van der Waals surface area contributed by atoms with E-state index < -0.39 is 16.5 Å². The highest BCUT2D eigenvalue weighted by Crippen LogP contribution is 2.50. The maximum atomic E-state index is 11.7. The van der Waals surface area contributed by atoms with Crippen LogP contribution in [0.5, 0.6) is 11.5 Å². The van der Waals surface area contributed by atoms with E-state index >= 15 is 0 Å². The summed E-state index contributed by atoms with van der Waals surface area (Å²) < 4.78 is 10.8. The van der Waals surface area contributed by atoms with Gasteiger partial charge in [0.2, 0.25) is 5.88 Å². The molecule has 1 aromatic heterocycles. The lowest BCUT2D eigenvalue weighted by atomic mass is 9.82. The number of benzene rings is 2. The van der Waals surface area contributed by atoms with Crippen molar-refractivity contribution in [3.8, 4) is 17.6 Å². The zero-order valence-corrected chi connectivity index (χ0v) is 15.0. The number of nitro groups is 1. The molecule has 29 heavy (non-hydrogen) atoms. The average Bonchev–Trinajstić information content (AvgIpc) is 2.66. The molecule has 144 valence electrons. The molecule has 9 heteroatoms. The maximum absolute atomic E-state index is 11.7. The van der Waals surface area contributed by atoms with E-state index in [1.807, 2.05) is 6.07 Å². The van der Waals surface area contributed by atoms with Gasteiger partial charge in [0.15, 0.2) is 0 Å². The number of nitrogens with zero attached hydrogens (tertiary/aromatic N) is 2. The van der Waals surface area contributed by atoms with Crippen molar-refractivity contribution in [2.24, 2.45) is 5.73 Å². The molecule has 1 atom stereocenters. The van der Waals surface area contributed by atoms with E-state index in [9.17, 15) is 25.3 Å². The van der Waals surface area contributed by atoms with Gasteiger partial charge in [-0.1, -0.05) is 12.1 Å². The summed E-state index contributed by atoms with van der Waals surface area (Å²) in [4.78, 5) is 22.4. The number of fused-ring (bicyclic) bond motifs is 3. The first-order valence-corrected chi connectivity index (χ1v) is 8.44. The van der Waals surface area contributed by atoms with Gasteiger partial charge in [-0.3, -0.25) is 10.1 Å². The number of rotatable bonds is 2. The van der Waals surface area contributed by atoms with Crippen LogP contribution < -0.4 is 16.1 Å². The fourth-order valence-corrected chi connectivity index (χ4v) is 3.59. The van der Waals surface area contributed by atoms with E-state index in [1.165, 1.54) is 30.3 Å². The highest BCUT2D eigenvalue weighted by Gasteiger charge is 2.36. The first-order chi connectivity index (χ1) is 13.8. The molecule has 1 aliphatic heterocycles. The van der Waals surface area contributed by atoms with E-state index in [4.69, 9.17) is 14.9 Å². The number of nitrogens with two attached hydrogens (primary N) is 1. The molecule has 3 N–H and O–H groups in total. The Morgan fingerprint density at radius 1 is 1.31 bits per heavy atom. The largest absolute Gasteiger partial charge is 0.507 e. The molecule has 4 rings (SSSR count). The van der Waals surface area contributed by atoms with Crippen molar-refractivity contribution in [2.45, 2.75) is 12.8 Å². The summed E-state index contributed by atoms with van der Waals surface area (Å²) in [5.74, 6) is -1.26. The Morgan fingerprint density at radius 2 is 2.07 bits per heavy atom. The number of hydrogen-bond acceptors (Lipinski definition) is 8.